The van der Waals surface area contributed by atoms with Crippen molar-refractivity contribution in [3.8, 4) is 78.9 Å². The molecule has 0 radical (unpaired) electrons. The van der Waals surface area contributed by atoms with Crippen molar-refractivity contribution in [3.05, 3.63) is 283 Å². The molecule has 0 amide bonds. The van der Waals surface area contributed by atoms with Crippen molar-refractivity contribution in [3.63, 3.8) is 0 Å². The third kappa shape index (κ3) is 5.98. The van der Waals surface area contributed by atoms with E-state index >= 15 is 0 Å². The molecule has 0 aliphatic heterocycles. The zero-order valence-corrected chi connectivity index (χ0v) is 40.6. The van der Waals surface area contributed by atoms with Crippen molar-refractivity contribution >= 4 is 43.6 Å². The van der Waals surface area contributed by atoms with Crippen molar-refractivity contribution in [1.29, 1.82) is 0 Å². The minimum Gasteiger partial charge on any atom is -0.309 e. The van der Waals surface area contributed by atoms with Gasteiger partial charge in [-0.25, -0.2) is 15.0 Å². The van der Waals surface area contributed by atoms with E-state index in [1.165, 1.54) is 88.2 Å². The first-order chi connectivity index (χ1) is 37.2. The van der Waals surface area contributed by atoms with Crippen LogP contribution in [0.2, 0.25) is 0 Å². The topological polar surface area (TPSA) is 48.5 Å². The molecular weight excluding hydrogens is 911 g/mol. The summed E-state index contributed by atoms with van der Waals surface area (Å²) >= 11 is 0. The summed E-state index contributed by atoms with van der Waals surface area (Å²) in [5.41, 5.74) is 21.8. The Morgan fingerprint density at radius 2 is 0.733 bits per heavy atom. The number of nitrogens with zero attached hydrogens (tertiary/aromatic N) is 5. The Balaban J connectivity index is 0.962. The lowest BCUT2D eigenvalue weighted by molar-refractivity contribution is 0.794. The van der Waals surface area contributed by atoms with Crippen molar-refractivity contribution in [2.75, 3.05) is 0 Å². The SMILES string of the molecule is c1ccc(-c2nc(-c3ccccc3)nc(-c3cccc(-n4c5ccc(-c6ccc7c(c6)c6ccccc6n7-c6ccccc6)cc5c5ccc6c(c54)-c4ccccc4C64c5ccccc5-c5ccccc54)c3)n2)cc1. The maximum atomic E-state index is 5.20. The predicted octanol–water partition coefficient (Wildman–Crippen LogP) is 17.1. The highest BCUT2D eigenvalue weighted by Gasteiger charge is 2.52. The van der Waals surface area contributed by atoms with E-state index in [0.29, 0.717) is 17.5 Å². The summed E-state index contributed by atoms with van der Waals surface area (Å²) in [5, 5.41) is 4.85. The Morgan fingerprint density at radius 3 is 1.37 bits per heavy atom. The first kappa shape index (κ1) is 41.6. The van der Waals surface area contributed by atoms with Gasteiger partial charge in [-0.2, -0.15) is 0 Å². The van der Waals surface area contributed by atoms with Gasteiger partial charge in [0.25, 0.3) is 0 Å². The number of rotatable bonds is 6. The number of fused-ring (bicyclic) bond motifs is 17. The van der Waals surface area contributed by atoms with Crippen LogP contribution in [0.5, 0.6) is 0 Å². The number of benzene rings is 11. The van der Waals surface area contributed by atoms with Gasteiger partial charge in [-0.15, -0.1) is 0 Å². The molecule has 2 aliphatic carbocycles. The van der Waals surface area contributed by atoms with Gasteiger partial charge in [0, 0.05) is 55.2 Å². The molecule has 0 atom stereocenters. The van der Waals surface area contributed by atoms with E-state index in [9.17, 15) is 0 Å². The van der Waals surface area contributed by atoms with Gasteiger partial charge in [0.05, 0.1) is 27.5 Å². The van der Waals surface area contributed by atoms with Crippen LogP contribution in [0.3, 0.4) is 0 Å². The van der Waals surface area contributed by atoms with E-state index in [1.807, 2.05) is 36.4 Å². The molecule has 5 nitrogen and oxygen atoms in total. The fourth-order valence-electron chi connectivity index (χ4n) is 12.9. The molecule has 0 saturated carbocycles. The molecule has 0 saturated heterocycles. The summed E-state index contributed by atoms with van der Waals surface area (Å²) in [6.07, 6.45) is 0. The monoisotopic (exact) mass is 953 g/mol. The summed E-state index contributed by atoms with van der Waals surface area (Å²) in [7, 11) is 0. The lowest BCUT2D eigenvalue weighted by Crippen LogP contribution is -2.25. The van der Waals surface area contributed by atoms with Crippen molar-refractivity contribution in [1.82, 2.24) is 24.1 Å². The van der Waals surface area contributed by atoms with E-state index in [0.717, 1.165) is 39.1 Å². The molecule has 3 heterocycles. The highest BCUT2D eigenvalue weighted by atomic mass is 15.0. The van der Waals surface area contributed by atoms with E-state index < -0.39 is 5.41 Å². The van der Waals surface area contributed by atoms with Crippen LogP contribution in [0, 0.1) is 0 Å². The maximum Gasteiger partial charge on any atom is 0.164 e. The van der Waals surface area contributed by atoms with Crippen molar-refractivity contribution in [2.24, 2.45) is 0 Å². The van der Waals surface area contributed by atoms with Gasteiger partial charge < -0.3 is 9.13 Å². The van der Waals surface area contributed by atoms with Crippen LogP contribution in [0.15, 0.2) is 261 Å². The van der Waals surface area contributed by atoms with Crippen LogP contribution >= 0.6 is 0 Å². The van der Waals surface area contributed by atoms with Crippen LogP contribution in [-0.2, 0) is 5.41 Å². The summed E-state index contributed by atoms with van der Waals surface area (Å²) < 4.78 is 4.89. The molecule has 0 N–H and O–H groups in total. The number of hydrogen-bond acceptors (Lipinski definition) is 3. The average Bonchev–Trinajstić information content (AvgIpc) is 4.21. The highest BCUT2D eigenvalue weighted by molar-refractivity contribution is 6.18. The molecule has 1 spiro atoms. The second-order valence-corrected chi connectivity index (χ2v) is 19.8. The van der Waals surface area contributed by atoms with Crippen LogP contribution in [0.4, 0.5) is 0 Å². The molecule has 5 heteroatoms. The first-order valence-electron chi connectivity index (χ1n) is 25.7. The van der Waals surface area contributed by atoms with Gasteiger partial charge in [0.15, 0.2) is 17.5 Å². The minimum atomic E-state index is -0.498. The first-order valence-corrected chi connectivity index (χ1v) is 25.7. The molecule has 2 aliphatic rings. The van der Waals surface area contributed by atoms with Gasteiger partial charge in [-0.3, -0.25) is 0 Å². The molecule has 0 fully saturated rings. The van der Waals surface area contributed by atoms with Gasteiger partial charge in [0.2, 0.25) is 0 Å². The van der Waals surface area contributed by atoms with E-state index in [1.54, 1.807) is 0 Å². The van der Waals surface area contributed by atoms with Gasteiger partial charge >= 0.3 is 0 Å². The van der Waals surface area contributed by atoms with E-state index in [4.69, 9.17) is 15.0 Å². The third-order valence-corrected chi connectivity index (χ3v) is 16.0. The Morgan fingerprint density at radius 1 is 0.267 bits per heavy atom. The summed E-state index contributed by atoms with van der Waals surface area (Å²) in [5.74, 6) is 1.88. The van der Waals surface area contributed by atoms with Gasteiger partial charge in [-0.1, -0.05) is 206 Å². The molecule has 3 aromatic heterocycles. The molecule has 0 unspecified atom stereocenters. The number of para-hydroxylation sites is 2. The van der Waals surface area contributed by atoms with E-state index in [-0.39, 0.29) is 0 Å². The zero-order valence-electron chi connectivity index (χ0n) is 40.6. The Labute approximate surface area is 433 Å². The van der Waals surface area contributed by atoms with Crippen LogP contribution < -0.4 is 0 Å². The van der Waals surface area contributed by atoms with Gasteiger partial charge in [0.1, 0.15) is 0 Å². The van der Waals surface area contributed by atoms with Gasteiger partial charge in [-0.05, 0) is 105 Å². The smallest absolute Gasteiger partial charge is 0.164 e. The van der Waals surface area contributed by atoms with Crippen molar-refractivity contribution < 1.29 is 0 Å². The third-order valence-electron chi connectivity index (χ3n) is 16.0. The maximum absolute atomic E-state index is 5.20. The van der Waals surface area contributed by atoms with Crippen molar-refractivity contribution in [2.45, 2.75) is 5.41 Å². The number of hydrogen-bond donors (Lipinski definition) is 0. The largest absolute Gasteiger partial charge is 0.309 e. The fourth-order valence-corrected chi connectivity index (χ4v) is 12.9. The summed E-state index contributed by atoms with van der Waals surface area (Å²) in [4.78, 5) is 15.4. The summed E-state index contributed by atoms with van der Waals surface area (Å²) in [6.45, 7) is 0. The Hall–Kier alpha value is -9.97. The lowest BCUT2D eigenvalue weighted by Gasteiger charge is -2.30. The molecule has 16 rings (SSSR count). The second kappa shape index (κ2) is 16.0. The molecular formula is C70H43N5. The standard InChI is InChI=1S/C70H43N5/c1-4-19-44(20-5-1)67-71-68(45-21-6-2-7-22-45)73-69(72-67)48-23-18-26-50(41-48)75-64-40-36-47(46-35-39-63-56(42-46)53-29-13-17-34-62(53)74(63)49-24-8-3-9-25-49)43-57(64)54-37-38-61-65(66(54)75)55-30-12-16-33-60(55)70(61)58-31-14-10-27-51(58)52-28-11-15-32-59(52)70/h1-43H. The second-order valence-electron chi connectivity index (χ2n) is 19.8. The summed E-state index contributed by atoms with van der Waals surface area (Å²) in [6, 6.07) is 94.7. The molecule has 11 aromatic carbocycles. The molecule has 348 valence electrons. The van der Waals surface area contributed by atoms with E-state index in [2.05, 4.69) is 234 Å². The molecule has 0 bridgehead atoms. The molecule has 14 aromatic rings. The number of aromatic nitrogens is 5. The van der Waals surface area contributed by atoms with Crippen LogP contribution in [-0.4, -0.2) is 24.1 Å². The highest BCUT2D eigenvalue weighted by Crippen LogP contribution is 2.64. The predicted molar refractivity (Wildman–Crippen MR) is 307 cm³/mol. The van der Waals surface area contributed by atoms with Crippen LogP contribution in [0.1, 0.15) is 22.3 Å². The molecule has 75 heavy (non-hydrogen) atoms. The Bertz CT molecular complexity index is 4540. The normalized spacial score (nSPS) is 12.9. The fraction of sp³-hybridized carbons (Fsp3) is 0.0143. The average molecular weight is 954 g/mol. The Kier molecular flexibility index (Phi) is 8.89. The lowest BCUT2D eigenvalue weighted by atomic mass is 9.70. The zero-order chi connectivity index (χ0) is 49.2. The minimum absolute atomic E-state index is 0.498. The quantitative estimate of drug-likeness (QED) is 0.167. The van der Waals surface area contributed by atoms with Crippen LogP contribution in [0.25, 0.3) is 123 Å².